The van der Waals surface area contributed by atoms with Gasteiger partial charge in [-0.05, 0) is 18.9 Å². The molecule has 0 unspecified atom stereocenters. The Hall–Kier alpha value is -1.93. The summed E-state index contributed by atoms with van der Waals surface area (Å²) in [5.74, 6) is -0.214. The van der Waals surface area contributed by atoms with E-state index in [1.165, 1.54) is 16.8 Å². The fourth-order valence-corrected chi connectivity index (χ4v) is 2.93. The molecule has 120 valence electrons. The van der Waals surface area contributed by atoms with Crippen molar-refractivity contribution in [3.05, 3.63) is 22.7 Å². The Kier molecular flexibility index (Phi) is 3.65. The number of nitrogens with two attached hydrogens (primary N) is 1. The van der Waals surface area contributed by atoms with E-state index in [0.717, 1.165) is 12.8 Å². The first kappa shape index (κ1) is 15.0. The van der Waals surface area contributed by atoms with Gasteiger partial charge in [0, 0.05) is 18.0 Å². The average molecular weight is 309 g/mol. The highest BCUT2D eigenvalue weighted by Crippen LogP contribution is 2.62. The molecule has 1 saturated heterocycles. The summed E-state index contributed by atoms with van der Waals surface area (Å²) in [6.07, 6.45) is 1.22. The molecule has 1 aliphatic carbocycles. The predicted octanol–water partition coefficient (Wildman–Crippen LogP) is -0.183. The molecule has 1 aromatic heterocycles. The van der Waals surface area contributed by atoms with Gasteiger partial charge < -0.3 is 20.3 Å². The van der Waals surface area contributed by atoms with E-state index >= 15 is 0 Å². The van der Waals surface area contributed by atoms with Crippen molar-refractivity contribution in [3.63, 3.8) is 0 Å². The van der Waals surface area contributed by atoms with Gasteiger partial charge in [-0.3, -0.25) is 9.36 Å². The number of aliphatic hydroxyl groups is 1. The Labute approximate surface area is 126 Å². The second-order valence-electron chi connectivity index (χ2n) is 5.78. The van der Waals surface area contributed by atoms with Crippen LogP contribution in [0.3, 0.4) is 0 Å². The van der Waals surface area contributed by atoms with E-state index < -0.39 is 29.5 Å². The van der Waals surface area contributed by atoms with Crippen LogP contribution in [0.4, 0.5) is 5.82 Å². The van der Waals surface area contributed by atoms with Gasteiger partial charge in [0.2, 0.25) is 0 Å². The minimum absolute atomic E-state index is 0.0246. The molecule has 0 bridgehead atoms. The molecule has 3 N–H and O–H groups in total. The fourth-order valence-electron chi connectivity index (χ4n) is 2.93. The number of anilines is 1. The van der Waals surface area contributed by atoms with Gasteiger partial charge in [0.25, 0.3) is 0 Å². The summed E-state index contributed by atoms with van der Waals surface area (Å²) in [6, 6.07) is 1.51. The van der Waals surface area contributed by atoms with Crippen molar-refractivity contribution >= 4 is 11.8 Å². The van der Waals surface area contributed by atoms with E-state index in [9.17, 15) is 14.7 Å². The van der Waals surface area contributed by atoms with Crippen LogP contribution < -0.4 is 11.4 Å². The second-order valence-corrected chi connectivity index (χ2v) is 5.78. The maximum absolute atomic E-state index is 12.0. The van der Waals surface area contributed by atoms with Crippen LogP contribution in [-0.4, -0.2) is 39.4 Å². The molecule has 1 spiro atoms. The molecule has 2 aliphatic rings. The standard InChI is InChI=1S/C14H19N3O5/c1-2-10(18)21-7-8-11(19)14(4-5-14)12(22-8)17-6-3-9(15)16-13(17)20/h3,6,8,11-12,19H,2,4-5,7H2,1H3,(H2,15,16,20)/t8-,11-,12-/m1/s1. The van der Waals surface area contributed by atoms with Crippen LogP contribution in [0.5, 0.6) is 0 Å². The number of aromatic nitrogens is 2. The molecular weight excluding hydrogens is 290 g/mol. The topological polar surface area (TPSA) is 117 Å². The smallest absolute Gasteiger partial charge is 0.351 e. The molecule has 0 aromatic carbocycles. The number of hydrogen-bond acceptors (Lipinski definition) is 7. The Morgan fingerprint density at radius 1 is 1.64 bits per heavy atom. The molecule has 22 heavy (non-hydrogen) atoms. The summed E-state index contributed by atoms with van der Waals surface area (Å²) in [5, 5.41) is 10.5. The zero-order chi connectivity index (χ0) is 15.9. The van der Waals surface area contributed by atoms with Crippen molar-refractivity contribution in [2.24, 2.45) is 5.41 Å². The molecule has 1 aromatic rings. The van der Waals surface area contributed by atoms with E-state index in [1.807, 2.05) is 0 Å². The normalized spacial score (nSPS) is 28.7. The third-order valence-electron chi connectivity index (χ3n) is 4.37. The lowest BCUT2D eigenvalue weighted by atomic mass is 9.96. The maximum atomic E-state index is 12.0. The molecule has 0 radical (unpaired) electrons. The minimum Gasteiger partial charge on any atom is -0.463 e. The van der Waals surface area contributed by atoms with Crippen molar-refractivity contribution in [3.8, 4) is 0 Å². The Morgan fingerprint density at radius 2 is 2.36 bits per heavy atom. The van der Waals surface area contributed by atoms with Gasteiger partial charge in [0.05, 0.1) is 6.10 Å². The van der Waals surface area contributed by atoms with E-state index in [4.69, 9.17) is 15.2 Å². The lowest BCUT2D eigenvalue weighted by Crippen LogP contribution is -2.34. The van der Waals surface area contributed by atoms with Crippen molar-refractivity contribution < 1.29 is 19.4 Å². The SMILES string of the molecule is CCC(=O)OC[C@H]1O[C@@H](n2ccc(N)nc2=O)C2(CC2)[C@@H]1O. The Balaban J connectivity index is 1.81. The first-order chi connectivity index (χ1) is 10.5. The van der Waals surface area contributed by atoms with Crippen LogP contribution in [0.15, 0.2) is 17.1 Å². The Bertz CT molecular complexity index is 640. The molecular formula is C14H19N3O5. The predicted molar refractivity (Wildman–Crippen MR) is 75.7 cm³/mol. The second kappa shape index (κ2) is 5.36. The lowest BCUT2D eigenvalue weighted by Gasteiger charge is -2.20. The molecule has 8 heteroatoms. The van der Waals surface area contributed by atoms with Crippen LogP contribution in [0.25, 0.3) is 0 Å². The zero-order valence-electron chi connectivity index (χ0n) is 12.3. The van der Waals surface area contributed by atoms with Gasteiger partial charge in [0.1, 0.15) is 24.8 Å². The van der Waals surface area contributed by atoms with Gasteiger partial charge in [-0.2, -0.15) is 4.98 Å². The molecule has 0 amide bonds. The van der Waals surface area contributed by atoms with Gasteiger partial charge in [-0.25, -0.2) is 4.79 Å². The van der Waals surface area contributed by atoms with Gasteiger partial charge in [-0.1, -0.05) is 6.92 Å². The average Bonchev–Trinajstić information content (AvgIpc) is 3.24. The highest BCUT2D eigenvalue weighted by Gasteiger charge is 2.64. The molecule has 3 rings (SSSR count). The summed E-state index contributed by atoms with van der Waals surface area (Å²) in [6.45, 7) is 1.67. The molecule has 3 atom stereocenters. The summed E-state index contributed by atoms with van der Waals surface area (Å²) in [5.41, 5.74) is 4.46. The Morgan fingerprint density at radius 3 is 2.95 bits per heavy atom. The van der Waals surface area contributed by atoms with Crippen LogP contribution >= 0.6 is 0 Å². The number of ether oxygens (including phenoxy) is 2. The van der Waals surface area contributed by atoms with Crippen LogP contribution in [-0.2, 0) is 14.3 Å². The zero-order valence-corrected chi connectivity index (χ0v) is 12.3. The molecule has 1 saturated carbocycles. The molecule has 1 aliphatic heterocycles. The third kappa shape index (κ3) is 2.38. The van der Waals surface area contributed by atoms with Crippen molar-refractivity contribution in [2.75, 3.05) is 12.3 Å². The number of carbonyl (C=O) groups is 1. The van der Waals surface area contributed by atoms with Crippen molar-refractivity contribution in [1.82, 2.24) is 9.55 Å². The number of esters is 1. The van der Waals surface area contributed by atoms with Crippen LogP contribution in [0, 0.1) is 5.41 Å². The third-order valence-corrected chi connectivity index (χ3v) is 4.37. The number of rotatable bonds is 4. The first-order valence-corrected chi connectivity index (χ1v) is 7.32. The fraction of sp³-hybridized carbons (Fsp3) is 0.643. The molecule has 8 nitrogen and oxygen atoms in total. The van der Waals surface area contributed by atoms with Gasteiger partial charge >= 0.3 is 11.7 Å². The van der Waals surface area contributed by atoms with E-state index in [0.29, 0.717) is 0 Å². The number of hydrogen-bond donors (Lipinski definition) is 2. The number of aliphatic hydroxyl groups excluding tert-OH is 1. The number of nitrogens with zero attached hydrogens (tertiary/aromatic N) is 2. The summed E-state index contributed by atoms with van der Waals surface area (Å²) < 4.78 is 12.2. The van der Waals surface area contributed by atoms with E-state index in [-0.39, 0.29) is 24.8 Å². The van der Waals surface area contributed by atoms with Gasteiger partial charge in [0.15, 0.2) is 0 Å². The number of nitrogen functional groups attached to an aromatic ring is 1. The minimum atomic E-state index is -0.786. The summed E-state index contributed by atoms with van der Waals surface area (Å²) >= 11 is 0. The molecule has 2 heterocycles. The van der Waals surface area contributed by atoms with Crippen LogP contribution in [0.1, 0.15) is 32.4 Å². The monoisotopic (exact) mass is 309 g/mol. The van der Waals surface area contributed by atoms with Crippen molar-refractivity contribution in [2.45, 2.75) is 44.6 Å². The van der Waals surface area contributed by atoms with E-state index in [2.05, 4.69) is 4.98 Å². The first-order valence-electron chi connectivity index (χ1n) is 7.32. The highest BCUT2D eigenvalue weighted by atomic mass is 16.6. The van der Waals surface area contributed by atoms with Crippen LogP contribution in [0.2, 0.25) is 0 Å². The lowest BCUT2D eigenvalue weighted by molar-refractivity contribution is -0.149. The highest BCUT2D eigenvalue weighted by molar-refractivity contribution is 5.68. The largest absolute Gasteiger partial charge is 0.463 e. The summed E-state index contributed by atoms with van der Waals surface area (Å²) in [7, 11) is 0. The molecule has 2 fully saturated rings. The number of carbonyl (C=O) groups excluding carboxylic acids is 1. The summed E-state index contributed by atoms with van der Waals surface area (Å²) in [4.78, 5) is 26.9. The quantitative estimate of drug-likeness (QED) is 0.741. The van der Waals surface area contributed by atoms with Crippen molar-refractivity contribution in [1.29, 1.82) is 0 Å². The van der Waals surface area contributed by atoms with Gasteiger partial charge in [-0.15, -0.1) is 0 Å². The van der Waals surface area contributed by atoms with E-state index in [1.54, 1.807) is 6.92 Å². The maximum Gasteiger partial charge on any atom is 0.351 e.